The molecule has 0 radical (unpaired) electrons. The highest BCUT2D eigenvalue weighted by Gasteiger charge is 2.36. The molecule has 0 aliphatic heterocycles. The van der Waals surface area contributed by atoms with Gasteiger partial charge in [0.15, 0.2) is 5.78 Å². The minimum atomic E-state index is -0.541. The summed E-state index contributed by atoms with van der Waals surface area (Å²) in [6.07, 6.45) is 14.9. The zero-order chi connectivity index (χ0) is 28.4. The van der Waals surface area contributed by atoms with Crippen LogP contribution in [0.2, 0.25) is 0 Å². The first-order valence-electron chi connectivity index (χ1n) is 14.9. The maximum Gasteiger partial charge on any atom is 0.201 e. The third-order valence-electron chi connectivity index (χ3n) is 8.11. The number of rotatable bonds is 17. The minimum Gasteiger partial charge on any atom is -1.00 e. The third kappa shape index (κ3) is 8.56. The molecule has 6 nitrogen and oxygen atoms in total. The van der Waals surface area contributed by atoms with E-state index in [9.17, 15) is 19.8 Å². The van der Waals surface area contributed by atoms with Crippen molar-refractivity contribution in [1.82, 2.24) is 0 Å². The molecule has 0 saturated carbocycles. The highest BCUT2D eigenvalue weighted by Crippen LogP contribution is 2.39. The van der Waals surface area contributed by atoms with Gasteiger partial charge in [0.1, 0.15) is 23.8 Å². The molecule has 0 atom stereocenters. The van der Waals surface area contributed by atoms with Crippen molar-refractivity contribution in [2.45, 2.75) is 97.4 Å². The van der Waals surface area contributed by atoms with Crippen molar-refractivity contribution in [3.8, 4) is 17.2 Å². The number of aromatic hydroxyl groups is 2. The van der Waals surface area contributed by atoms with Gasteiger partial charge < -0.3 is 36.4 Å². The first kappa shape index (κ1) is 33.8. The number of halogens is 1. The Balaban J connectivity index is 0.00000560. The van der Waals surface area contributed by atoms with E-state index in [1.807, 2.05) is 0 Å². The van der Waals surface area contributed by atoms with Crippen molar-refractivity contribution >= 4 is 11.6 Å². The molecule has 7 heteroatoms. The van der Waals surface area contributed by atoms with Gasteiger partial charge in [0.2, 0.25) is 5.78 Å². The minimum absolute atomic E-state index is 0. The SMILES string of the molecule is CCCCCCCC[N+](C)(CCCCCCCC)Cc1cc(O)c2c(c1)C(=O)c1cc(OC)cc(O)c1C2=O.[Br-]. The monoisotopic (exact) mass is 617 g/mol. The quantitative estimate of drug-likeness (QED) is 0.171. The maximum absolute atomic E-state index is 13.5. The van der Waals surface area contributed by atoms with Gasteiger partial charge in [-0.15, -0.1) is 0 Å². The molecule has 0 aromatic heterocycles. The molecule has 2 aromatic carbocycles. The van der Waals surface area contributed by atoms with Crippen LogP contribution in [0.1, 0.15) is 128 Å². The van der Waals surface area contributed by atoms with Crippen molar-refractivity contribution in [1.29, 1.82) is 0 Å². The van der Waals surface area contributed by atoms with Crippen LogP contribution in [0.3, 0.4) is 0 Å². The lowest BCUT2D eigenvalue weighted by Crippen LogP contribution is -3.00. The normalized spacial score (nSPS) is 12.6. The van der Waals surface area contributed by atoms with Crippen LogP contribution in [0.5, 0.6) is 17.2 Å². The fraction of sp³-hybridized carbons (Fsp3) is 0.576. The summed E-state index contributed by atoms with van der Waals surface area (Å²) >= 11 is 0. The van der Waals surface area contributed by atoms with Gasteiger partial charge in [-0.3, -0.25) is 9.59 Å². The zero-order valence-electron chi connectivity index (χ0n) is 24.9. The Bertz CT molecular complexity index is 1130. The first-order valence-corrected chi connectivity index (χ1v) is 14.9. The van der Waals surface area contributed by atoms with Gasteiger partial charge in [-0.25, -0.2) is 0 Å². The fourth-order valence-electron chi connectivity index (χ4n) is 5.86. The molecule has 2 N–H and O–H groups in total. The molecule has 2 aromatic rings. The van der Waals surface area contributed by atoms with Crippen LogP contribution in [-0.2, 0) is 6.54 Å². The van der Waals surface area contributed by atoms with E-state index in [1.54, 1.807) is 12.1 Å². The van der Waals surface area contributed by atoms with Crippen LogP contribution in [-0.4, -0.2) is 53.5 Å². The highest BCUT2D eigenvalue weighted by molar-refractivity contribution is 6.30. The summed E-state index contributed by atoms with van der Waals surface area (Å²) in [6, 6.07) is 6.20. The number of carbonyl (C=O) groups is 2. The van der Waals surface area contributed by atoms with Crippen molar-refractivity contribution < 1.29 is 46.0 Å². The molecule has 0 unspecified atom stereocenters. The first-order chi connectivity index (χ1) is 18.7. The van der Waals surface area contributed by atoms with E-state index in [2.05, 4.69) is 20.9 Å². The average molecular weight is 619 g/mol. The Morgan fingerprint density at radius 2 is 1.15 bits per heavy atom. The molecular weight excluding hydrogens is 570 g/mol. The summed E-state index contributed by atoms with van der Waals surface area (Å²) in [7, 11) is 3.72. The molecule has 0 heterocycles. The molecule has 0 saturated heterocycles. The number of nitrogens with zero attached hydrogens (tertiary/aromatic N) is 1. The number of fused-ring (bicyclic) bond motifs is 2. The number of carbonyl (C=O) groups excluding carboxylic acids is 2. The van der Waals surface area contributed by atoms with Crippen molar-refractivity contribution in [2.24, 2.45) is 0 Å². The van der Waals surface area contributed by atoms with Gasteiger partial charge in [0, 0.05) is 22.8 Å². The molecule has 3 rings (SSSR count). The van der Waals surface area contributed by atoms with E-state index in [4.69, 9.17) is 4.74 Å². The fourth-order valence-corrected chi connectivity index (χ4v) is 5.86. The topological polar surface area (TPSA) is 83.8 Å². The van der Waals surface area contributed by atoms with Gasteiger partial charge >= 0.3 is 0 Å². The number of ketones is 2. The summed E-state index contributed by atoms with van der Waals surface area (Å²) in [6.45, 7) is 7.24. The van der Waals surface area contributed by atoms with Crippen LogP contribution >= 0.6 is 0 Å². The molecule has 1 aliphatic carbocycles. The largest absolute Gasteiger partial charge is 1.00 e. The number of unbranched alkanes of at least 4 members (excludes halogenated alkanes) is 10. The van der Waals surface area contributed by atoms with Gasteiger partial charge in [-0.1, -0.05) is 65.2 Å². The highest BCUT2D eigenvalue weighted by atomic mass is 79.9. The van der Waals surface area contributed by atoms with Crippen LogP contribution < -0.4 is 21.7 Å². The summed E-state index contributed by atoms with van der Waals surface area (Å²) in [5.74, 6) is -1.14. The van der Waals surface area contributed by atoms with Crippen molar-refractivity contribution in [2.75, 3.05) is 27.2 Å². The summed E-state index contributed by atoms with van der Waals surface area (Å²) in [5.41, 5.74) is 1.04. The maximum atomic E-state index is 13.5. The van der Waals surface area contributed by atoms with Gasteiger partial charge in [0.05, 0.1) is 38.4 Å². The number of quaternary nitrogens is 1. The van der Waals surface area contributed by atoms with Crippen molar-refractivity contribution in [3.63, 3.8) is 0 Å². The van der Waals surface area contributed by atoms with Crippen LogP contribution in [0.25, 0.3) is 0 Å². The predicted molar refractivity (Wildman–Crippen MR) is 156 cm³/mol. The lowest BCUT2D eigenvalue weighted by molar-refractivity contribution is -0.923. The molecule has 1 aliphatic rings. The van der Waals surface area contributed by atoms with E-state index < -0.39 is 5.78 Å². The molecule has 0 amide bonds. The standard InChI is InChI=1S/C33H47NO5.BrH/c1-5-7-9-11-13-15-17-34(3,18-16-14-12-10-8-6-2)23-24-19-26-30(28(35)20-24)33(38)31-27(32(26)37)21-25(39-4)22-29(31)36;/h19-22H,5-18,23H2,1-4H3,(H-,35,36,38);1H. The Morgan fingerprint density at radius 3 is 1.68 bits per heavy atom. The molecule has 0 fully saturated rings. The molecule has 0 bridgehead atoms. The number of benzene rings is 2. The van der Waals surface area contributed by atoms with Crippen molar-refractivity contribution in [3.05, 3.63) is 52.1 Å². The van der Waals surface area contributed by atoms with E-state index in [0.717, 1.165) is 36.0 Å². The predicted octanol–water partition coefficient (Wildman–Crippen LogP) is 4.55. The molecule has 0 spiro atoms. The van der Waals surface area contributed by atoms with E-state index in [-0.39, 0.29) is 56.5 Å². The lowest BCUT2D eigenvalue weighted by Gasteiger charge is -2.35. The van der Waals surface area contributed by atoms with Crippen LogP contribution in [0.15, 0.2) is 24.3 Å². The lowest BCUT2D eigenvalue weighted by atomic mass is 9.82. The van der Waals surface area contributed by atoms with Gasteiger partial charge in [-0.05, 0) is 43.9 Å². The number of hydrogen-bond donors (Lipinski definition) is 2. The van der Waals surface area contributed by atoms with E-state index >= 15 is 0 Å². The number of phenols is 2. The number of phenolic OH excluding ortho intramolecular Hbond substituents is 2. The van der Waals surface area contributed by atoms with Crippen LogP contribution in [0.4, 0.5) is 0 Å². The number of hydrogen-bond acceptors (Lipinski definition) is 5. The Hall–Kier alpha value is -2.38. The Kier molecular flexibility index (Phi) is 13.7. The Labute approximate surface area is 251 Å². The zero-order valence-corrected chi connectivity index (χ0v) is 26.4. The van der Waals surface area contributed by atoms with E-state index in [1.165, 1.54) is 83.5 Å². The van der Waals surface area contributed by atoms with Gasteiger partial charge in [0.25, 0.3) is 0 Å². The number of ether oxygens (including phenoxy) is 1. The average Bonchev–Trinajstić information content (AvgIpc) is 2.90. The Morgan fingerprint density at radius 1 is 0.675 bits per heavy atom. The smallest absolute Gasteiger partial charge is 0.201 e. The van der Waals surface area contributed by atoms with E-state index in [0.29, 0.717) is 12.3 Å². The molecule has 40 heavy (non-hydrogen) atoms. The second-order valence-corrected chi connectivity index (χ2v) is 11.5. The summed E-state index contributed by atoms with van der Waals surface area (Å²) < 4.78 is 6.05. The second kappa shape index (κ2) is 16.2. The molecule has 222 valence electrons. The summed E-state index contributed by atoms with van der Waals surface area (Å²) in [5, 5.41) is 21.4. The third-order valence-corrected chi connectivity index (χ3v) is 8.11. The summed E-state index contributed by atoms with van der Waals surface area (Å²) in [4.78, 5) is 26.8. The van der Waals surface area contributed by atoms with Gasteiger partial charge in [-0.2, -0.15) is 0 Å². The van der Waals surface area contributed by atoms with Crippen LogP contribution in [0, 0.1) is 0 Å². The number of methoxy groups -OCH3 is 1. The molecular formula is C33H48BrNO5. The second-order valence-electron chi connectivity index (χ2n) is 11.5.